The van der Waals surface area contributed by atoms with E-state index in [4.69, 9.17) is 27.9 Å². The van der Waals surface area contributed by atoms with E-state index in [0.717, 1.165) is 0 Å². The van der Waals surface area contributed by atoms with Crippen molar-refractivity contribution in [2.45, 2.75) is 0 Å². The van der Waals surface area contributed by atoms with Crippen LogP contribution in [0.5, 0.6) is 11.8 Å². The molecule has 20 heavy (non-hydrogen) atoms. The molecule has 2 rings (SSSR count). The summed E-state index contributed by atoms with van der Waals surface area (Å²) in [4.78, 5) is 21.2. The van der Waals surface area contributed by atoms with Gasteiger partial charge in [-0.15, -0.1) is 0 Å². The van der Waals surface area contributed by atoms with Gasteiger partial charge in [-0.05, 0) is 55.1 Å². The molecule has 1 aromatic heterocycles. The SMILES string of the molecule is O=[N+]([O-])c1cc(Br)c(Oc2nc(Cl)nc(Cl)n2)c(Br)c1. The Morgan fingerprint density at radius 3 is 2.05 bits per heavy atom. The highest BCUT2D eigenvalue weighted by atomic mass is 79.9. The van der Waals surface area contributed by atoms with Gasteiger partial charge in [0.15, 0.2) is 5.75 Å². The lowest BCUT2D eigenvalue weighted by Gasteiger charge is -2.08. The molecule has 0 saturated heterocycles. The van der Waals surface area contributed by atoms with Crippen molar-refractivity contribution in [3.63, 3.8) is 0 Å². The number of hydrogen-bond donors (Lipinski definition) is 0. The van der Waals surface area contributed by atoms with Crippen LogP contribution in [0.4, 0.5) is 5.69 Å². The molecule has 0 saturated carbocycles. The van der Waals surface area contributed by atoms with Crippen molar-refractivity contribution in [2.24, 2.45) is 0 Å². The highest BCUT2D eigenvalue weighted by Crippen LogP contribution is 2.39. The monoisotopic (exact) mass is 442 g/mol. The van der Waals surface area contributed by atoms with Crippen LogP contribution in [0.3, 0.4) is 0 Å². The van der Waals surface area contributed by atoms with E-state index in [1.807, 2.05) is 0 Å². The predicted molar refractivity (Wildman–Crippen MR) is 78.4 cm³/mol. The third-order valence-electron chi connectivity index (χ3n) is 1.95. The van der Waals surface area contributed by atoms with Crippen LogP contribution in [-0.2, 0) is 0 Å². The molecule has 0 aliphatic heterocycles. The summed E-state index contributed by atoms with van der Waals surface area (Å²) in [5, 5.41) is 10.5. The van der Waals surface area contributed by atoms with E-state index in [2.05, 4.69) is 46.8 Å². The first kappa shape index (κ1) is 15.4. The molecule has 0 fully saturated rings. The lowest BCUT2D eigenvalue weighted by Crippen LogP contribution is -1.97. The summed E-state index contributed by atoms with van der Waals surface area (Å²) in [7, 11) is 0. The van der Waals surface area contributed by atoms with Gasteiger partial charge in [-0.25, -0.2) is 0 Å². The van der Waals surface area contributed by atoms with Gasteiger partial charge in [-0.1, -0.05) is 0 Å². The van der Waals surface area contributed by atoms with Gasteiger partial charge in [0.2, 0.25) is 10.6 Å². The Hall–Kier alpha value is -1.03. The minimum atomic E-state index is -0.532. The van der Waals surface area contributed by atoms with Gasteiger partial charge in [0.1, 0.15) is 0 Å². The Morgan fingerprint density at radius 1 is 1.10 bits per heavy atom. The molecule has 2 aromatic rings. The third kappa shape index (κ3) is 3.54. The summed E-state index contributed by atoms with van der Waals surface area (Å²) in [5.41, 5.74) is -0.109. The first-order chi connectivity index (χ1) is 9.36. The Bertz CT molecular complexity index is 658. The number of nitrogens with zero attached hydrogens (tertiary/aromatic N) is 4. The molecule has 0 N–H and O–H groups in total. The fraction of sp³-hybridized carbons (Fsp3) is 0. The zero-order valence-electron chi connectivity index (χ0n) is 9.18. The van der Waals surface area contributed by atoms with Crippen molar-refractivity contribution in [2.75, 3.05) is 0 Å². The van der Waals surface area contributed by atoms with Crippen molar-refractivity contribution in [3.05, 3.63) is 41.8 Å². The zero-order chi connectivity index (χ0) is 14.9. The second-order valence-corrected chi connectivity index (χ2v) is 5.64. The second-order valence-electron chi connectivity index (χ2n) is 3.25. The topological polar surface area (TPSA) is 91.0 Å². The number of halogens is 4. The highest BCUT2D eigenvalue weighted by Gasteiger charge is 2.17. The average molecular weight is 445 g/mol. The second kappa shape index (κ2) is 6.17. The summed E-state index contributed by atoms with van der Waals surface area (Å²) >= 11 is 17.6. The van der Waals surface area contributed by atoms with E-state index in [0.29, 0.717) is 8.95 Å². The number of hydrogen-bond acceptors (Lipinski definition) is 6. The molecule has 0 bridgehead atoms. The Kier molecular flexibility index (Phi) is 4.74. The molecule has 104 valence electrons. The van der Waals surface area contributed by atoms with Crippen molar-refractivity contribution in [3.8, 4) is 11.8 Å². The number of ether oxygens (including phenoxy) is 1. The Labute approximate surface area is 138 Å². The molecule has 0 amide bonds. The maximum atomic E-state index is 10.7. The summed E-state index contributed by atoms with van der Waals surface area (Å²) in [6.07, 6.45) is 0. The molecule has 11 heteroatoms. The first-order valence-electron chi connectivity index (χ1n) is 4.75. The van der Waals surface area contributed by atoms with E-state index in [1.165, 1.54) is 12.1 Å². The van der Waals surface area contributed by atoms with Gasteiger partial charge in [-0.2, -0.15) is 15.0 Å². The van der Waals surface area contributed by atoms with Crippen LogP contribution in [-0.4, -0.2) is 19.9 Å². The van der Waals surface area contributed by atoms with Crippen molar-refractivity contribution >= 4 is 60.7 Å². The number of rotatable bonds is 3. The molecule has 7 nitrogen and oxygen atoms in total. The number of benzene rings is 1. The molecular formula is C9H2Br2Cl2N4O3. The number of nitro benzene ring substituents is 1. The number of non-ortho nitro benzene ring substituents is 1. The third-order valence-corrected chi connectivity index (χ3v) is 3.46. The summed E-state index contributed by atoms with van der Waals surface area (Å²) < 4.78 is 6.07. The molecule has 0 aliphatic rings. The largest absolute Gasteiger partial charge is 0.422 e. The lowest BCUT2D eigenvalue weighted by molar-refractivity contribution is -0.385. The highest BCUT2D eigenvalue weighted by molar-refractivity contribution is 9.11. The fourth-order valence-electron chi connectivity index (χ4n) is 1.20. The average Bonchev–Trinajstić information content (AvgIpc) is 2.32. The van der Waals surface area contributed by atoms with Crippen molar-refractivity contribution < 1.29 is 9.66 Å². The molecule has 0 aliphatic carbocycles. The standard InChI is InChI=1S/C9H2Br2Cl2N4O3/c10-4-1-3(17(18)19)2-5(11)6(4)20-9-15-7(12)14-8(13)16-9/h1-2H. The van der Waals surface area contributed by atoms with Crippen molar-refractivity contribution in [1.29, 1.82) is 0 Å². The van der Waals surface area contributed by atoms with E-state index in [-0.39, 0.29) is 28.0 Å². The number of aromatic nitrogens is 3. The summed E-state index contributed by atoms with van der Waals surface area (Å²) in [5.74, 6) is 0.244. The first-order valence-corrected chi connectivity index (χ1v) is 7.09. The summed E-state index contributed by atoms with van der Waals surface area (Å²) in [6.45, 7) is 0. The smallest absolute Gasteiger partial charge is 0.327 e. The maximum absolute atomic E-state index is 10.7. The van der Waals surface area contributed by atoms with Crippen LogP contribution >= 0.6 is 55.1 Å². The molecular weight excluding hydrogens is 443 g/mol. The molecule has 0 unspecified atom stereocenters. The van der Waals surface area contributed by atoms with Gasteiger partial charge < -0.3 is 4.74 Å². The van der Waals surface area contributed by atoms with Gasteiger partial charge in [0.05, 0.1) is 13.9 Å². The zero-order valence-corrected chi connectivity index (χ0v) is 13.9. The van der Waals surface area contributed by atoms with Crippen LogP contribution in [0.15, 0.2) is 21.1 Å². The quantitative estimate of drug-likeness (QED) is 0.514. The Balaban J connectivity index is 2.41. The number of nitro groups is 1. The van der Waals surface area contributed by atoms with Crippen LogP contribution in [0.1, 0.15) is 0 Å². The van der Waals surface area contributed by atoms with Gasteiger partial charge in [0, 0.05) is 12.1 Å². The maximum Gasteiger partial charge on any atom is 0.327 e. The molecule has 1 aromatic carbocycles. The molecule has 0 atom stereocenters. The van der Waals surface area contributed by atoms with E-state index >= 15 is 0 Å². The van der Waals surface area contributed by atoms with E-state index < -0.39 is 4.92 Å². The van der Waals surface area contributed by atoms with Crippen LogP contribution in [0.2, 0.25) is 10.6 Å². The van der Waals surface area contributed by atoms with Gasteiger partial charge in [-0.3, -0.25) is 10.1 Å². The van der Waals surface area contributed by atoms with Gasteiger partial charge in [0.25, 0.3) is 5.69 Å². The van der Waals surface area contributed by atoms with Crippen LogP contribution in [0.25, 0.3) is 0 Å². The van der Waals surface area contributed by atoms with Gasteiger partial charge >= 0.3 is 6.01 Å². The fourth-order valence-corrected chi connectivity index (χ4v) is 2.87. The minimum Gasteiger partial charge on any atom is -0.422 e. The normalized spacial score (nSPS) is 10.4. The van der Waals surface area contributed by atoms with E-state index in [9.17, 15) is 10.1 Å². The molecule has 1 heterocycles. The van der Waals surface area contributed by atoms with E-state index in [1.54, 1.807) is 0 Å². The molecule has 0 radical (unpaired) electrons. The lowest BCUT2D eigenvalue weighted by atomic mass is 10.3. The Morgan fingerprint density at radius 2 is 1.60 bits per heavy atom. The van der Waals surface area contributed by atoms with Crippen LogP contribution in [0, 0.1) is 10.1 Å². The van der Waals surface area contributed by atoms with Crippen molar-refractivity contribution in [1.82, 2.24) is 15.0 Å². The predicted octanol–water partition coefficient (Wildman–Crippen LogP) is 4.40. The van der Waals surface area contributed by atoms with Crippen LogP contribution < -0.4 is 4.74 Å². The minimum absolute atomic E-state index is 0.109. The summed E-state index contributed by atoms with van der Waals surface area (Å²) in [6, 6.07) is 2.43. The molecule has 0 spiro atoms.